The van der Waals surface area contributed by atoms with E-state index in [9.17, 15) is 17.2 Å². The van der Waals surface area contributed by atoms with Crippen LogP contribution in [0.4, 0.5) is 14.5 Å². The molecule has 34 heavy (non-hydrogen) atoms. The number of hydrogen-bond donors (Lipinski definition) is 2. The third kappa shape index (κ3) is 4.18. The summed E-state index contributed by atoms with van der Waals surface area (Å²) in [6.07, 6.45) is 1.84. The molecule has 184 valence electrons. The lowest BCUT2D eigenvalue weighted by molar-refractivity contribution is 0.150. The van der Waals surface area contributed by atoms with Gasteiger partial charge in [-0.15, -0.1) is 10.2 Å². The highest BCUT2D eigenvalue weighted by Gasteiger charge is 2.42. The van der Waals surface area contributed by atoms with Crippen molar-refractivity contribution in [3.05, 3.63) is 23.5 Å². The Bertz CT molecular complexity index is 1340. The standard InChI is InChI=1S/C21H27F2N7O2S2/c1-11-9-29(13(3)12(2)25-11)15-7-14(34(31,32)28-21(4)5-6-21)10-30-16(8-24-18(15)30)19-26-27-20(33-19)17(22)23/h7-8,10-13,17,25,28H,5-6,9H2,1-4H3/t11-,12-,13+/m0/s1. The Morgan fingerprint density at radius 2 is 2.00 bits per heavy atom. The van der Waals surface area contributed by atoms with Crippen molar-refractivity contribution in [1.29, 1.82) is 0 Å². The Morgan fingerprint density at radius 3 is 2.65 bits per heavy atom. The predicted molar refractivity (Wildman–Crippen MR) is 126 cm³/mol. The molecule has 1 aliphatic carbocycles. The lowest BCUT2D eigenvalue weighted by Crippen LogP contribution is -2.59. The average Bonchev–Trinajstić information content (AvgIpc) is 3.17. The van der Waals surface area contributed by atoms with Crippen molar-refractivity contribution in [2.45, 2.75) is 75.5 Å². The van der Waals surface area contributed by atoms with Crippen molar-refractivity contribution in [3.8, 4) is 10.7 Å². The zero-order valence-corrected chi connectivity index (χ0v) is 20.9. The van der Waals surface area contributed by atoms with Crippen LogP contribution in [0.25, 0.3) is 16.3 Å². The van der Waals surface area contributed by atoms with Crippen LogP contribution in [0, 0.1) is 0 Å². The van der Waals surface area contributed by atoms with Crippen molar-refractivity contribution in [2.24, 2.45) is 0 Å². The normalized spacial score (nSPS) is 24.8. The monoisotopic (exact) mass is 511 g/mol. The van der Waals surface area contributed by atoms with Gasteiger partial charge in [0.25, 0.3) is 6.43 Å². The van der Waals surface area contributed by atoms with Crippen molar-refractivity contribution < 1.29 is 17.2 Å². The summed E-state index contributed by atoms with van der Waals surface area (Å²) in [5.41, 5.74) is 1.18. The zero-order chi connectivity index (χ0) is 24.4. The molecule has 0 spiro atoms. The van der Waals surface area contributed by atoms with Gasteiger partial charge in [0.15, 0.2) is 15.7 Å². The Hall–Kier alpha value is -2.22. The molecular weight excluding hydrogens is 484 g/mol. The molecule has 0 aromatic carbocycles. The molecule has 1 saturated heterocycles. The minimum Gasteiger partial charge on any atom is -0.363 e. The predicted octanol–water partition coefficient (Wildman–Crippen LogP) is 3.20. The number of nitrogens with one attached hydrogen (secondary N) is 2. The van der Waals surface area contributed by atoms with Crippen LogP contribution < -0.4 is 14.9 Å². The van der Waals surface area contributed by atoms with Crippen molar-refractivity contribution in [1.82, 2.24) is 29.6 Å². The van der Waals surface area contributed by atoms with Gasteiger partial charge in [-0.2, -0.15) is 0 Å². The first kappa shape index (κ1) is 23.5. The molecule has 0 bridgehead atoms. The van der Waals surface area contributed by atoms with Gasteiger partial charge in [0.2, 0.25) is 10.0 Å². The SMILES string of the molecule is C[C@@H]1N[C@@H](C)CN(c2cc(S(=O)(=O)NC3(C)CC3)cn3c(-c4nnc(C(F)F)s4)cnc23)[C@@H]1C. The fourth-order valence-corrected chi connectivity index (χ4v) is 6.54. The molecular formula is C21H27F2N7O2S2. The molecule has 3 atom stereocenters. The van der Waals surface area contributed by atoms with Crippen LogP contribution >= 0.6 is 11.3 Å². The molecule has 13 heteroatoms. The molecule has 4 heterocycles. The number of alkyl halides is 2. The molecule has 0 amide bonds. The van der Waals surface area contributed by atoms with Gasteiger partial charge in [-0.1, -0.05) is 11.3 Å². The van der Waals surface area contributed by atoms with Crippen LogP contribution in [-0.2, 0) is 10.0 Å². The molecule has 3 aromatic heterocycles. The van der Waals surface area contributed by atoms with E-state index < -0.39 is 27.0 Å². The number of imidazole rings is 1. The molecule has 0 radical (unpaired) electrons. The van der Waals surface area contributed by atoms with Crippen LogP contribution in [0.15, 0.2) is 23.4 Å². The molecule has 2 fully saturated rings. The van der Waals surface area contributed by atoms with E-state index in [1.807, 2.05) is 6.92 Å². The number of pyridine rings is 1. The topological polar surface area (TPSA) is 105 Å². The Labute approximate surface area is 200 Å². The maximum Gasteiger partial charge on any atom is 0.291 e. The van der Waals surface area contributed by atoms with Crippen molar-refractivity contribution >= 4 is 32.7 Å². The first-order chi connectivity index (χ1) is 16.0. The first-order valence-corrected chi connectivity index (χ1v) is 13.5. The number of piperazine rings is 1. The number of sulfonamides is 1. The van der Waals surface area contributed by atoms with Gasteiger partial charge in [-0.25, -0.2) is 26.9 Å². The van der Waals surface area contributed by atoms with Crippen LogP contribution in [0.5, 0.6) is 0 Å². The van der Waals surface area contributed by atoms with E-state index in [0.717, 1.165) is 24.2 Å². The number of aromatic nitrogens is 4. The summed E-state index contributed by atoms with van der Waals surface area (Å²) < 4.78 is 57.4. The fraction of sp³-hybridized carbons (Fsp3) is 0.571. The second-order valence-electron chi connectivity index (χ2n) is 9.56. The van der Waals surface area contributed by atoms with Crippen LogP contribution in [0.3, 0.4) is 0 Å². The van der Waals surface area contributed by atoms with Crippen molar-refractivity contribution in [2.75, 3.05) is 11.4 Å². The minimum atomic E-state index is -3.83. The van der Waals surface area contributed by atoms with E-state index in [1.165, 1.54) is 12.4 Å². The highest BCUT2D eigenvalue weighted by molar-refractivity contribution is 7.89. The van der Waals surface area contributed by atoms with Gasteiger partial charge < -0.3 is 10.2 Å². The number of fused-ring (bicyclic) bond motifs is 1. The van der Waals surface area contributed by atoms with Crippen LogP contribution in [-0.4, -0.2) is 58.2 Å². The zero-order valence-electron chi connectivity index (χ0n) is 19.3. The summed E-state index contributed by atoms with van der Waals surface area (Å²) >= 11 is 0.768. The second-order valence-corrected chi connectivity index (χ2v) is 12.3. The summed E-state index contributed by atoms with van der Waals surface area (Å²) in [6, 6.07) is 2.07. The van der Waals surface area contributed by atoms with Crippen molar-refractivity contribution in [3.63, 3.8) is 0 Å². The van der Waals surface area contributed by atoms with E-state index in [0.29, 0.717) is 23.6 Å². The van der Waals surface area contributed by atoms with Gasteiger partial charge in [-0.3, -0.25) is 4.40 Å². The number of nitrogens with zero attached hydrogens (tertiary/aromatic N) is 5. The summed E-state index contributed by atoms with van der Waals surface area (Å²) in [4.78, 5) is 6.80. The minimum absolute atomic E-state index is 0.0685. The smallest absolute Gasteiger partial charge is 0.291 e. The number of hydrogen-bond acceptors (Lipinski definition) is 8. The van der Waals surface area contributed by atoms with E-state index >= 15 is 0 Å². The van der Waals surface area contributed by atoms with Crippen LogP contribution in [0.2, 0.25) is 0 Å². The Morgan fingerprint density at radius 1 is 1.26 bits per heavy atom. The number of anilines is 1. The second kappa shape index (κ2) is 8.18. The Balaban J connectivity index is 1.69. The van der Waals surface area contributed by atoms with Gasteiger partial charge in [0.05, 0.1) is 11.9 Å². The van der Waals surface area contributed by atoms with Gasteiger partial charge >= 0.3 is 0 Å². The van der Waals surface area contributed by atoms with Gasteiger partial charge in [0.1, 0.15) is 10.6 Å². The molecule has 1 saturated carbocycles. The summed E-state index contributed by atoms with van der Waals surface area (Å²) in [7, 11) is -3.83. The van der Waals surface area contributed by atoms with E-state index in [2.05, 4.69) is 50.9 Å². The highest BCUT2D eigenvalue weighted by Crippen LogP contribution is 2.38. The van der Waals surface area contributed by atoms with E-state index in [-0.39, 0.29) is 28.0 Å². The molecule has 2 aliphatic rings. The van der Waals surface area contributed by atoms with E-state index in [1.54, 1.807) is 10.5 Å². The molecule has 2 N–H and O–H groups in total. The van der Waals surface area contributed by atoms with Gasteiger partial charge in [0, 0.05) is 36.4 Å². The maximum absolute atomic E-state index is 13.3. The molecule has 9 nitrogen and oxygen atoms in total. The lowest BCUT2D eigenvalue weighted by atomic mass is 10.0. The first-order valence-electron chi connectivity index (χ1n) is 11.2. The van der Waals surface area contributed by atoms with Gasteiger partial charge in [-0.05, 0) is 46.6 Å². The highest BCUT2D eigenvalue weighted by atomic mass is 32.2. The molecule has 0 unspecified atom stereocenters. The quantitative estimate of drug-likeness (QED) is 0.524. The average molecular weight is 512 g/mol. The van der Waals surface area contributed by atoms with E-state index in [4.69, 9.17) is 0 Å². The molecule has 5 rings (SSSR count). The summed E-state index contributed by atoms with van der Waals surface area (Å²) in [5.74, 6) is 0. The third-order valence-electron chi connectivity index (χ3n) is 6.64. The Kier molecular flexibility index (Phi) is 5.66. The molecule has 3 aromatic rings. The maximum atomic E-state index is 13.3. The van der Waals surface area contributed by atoms with Crippen LogP contribution in [0.1, 0.15) is 52.0 Å². The summed E-state index contributed by atoms with van der Waals surface area (Å²) in [5, 5.41) is 10.9. The third-order valence-corrected chi connectivity index (χ3v) is 9.20. The largest absolute Gasteiger partial charge is 0.363 e. The number of halogens is 2. The number of rotatable bonds is 6. The fourth-order valence-electron chi connectivity index (χ4n) is 4.35. The summed E-state index contributed by atoms with van der Waals surface area (Å²) in [6.45, 7) is 8.78. The molecule has 1 aliphatic heterocycles. The lowest BCUT2D eigenvalue weighted by Gasteiger charge is -2.43.